The molecule has 2 N–H and O–H groups in total. The van der Waals surface area contributed by atoms with Crippen molar-refractivity contribution in [1.29, 1.82) is 0 Å². The van der Waals surface area contributed by atoms with Gasteiger partial charge in [0.15, 0.2) is 0 Å². The van der Waals surface area contributed by atoms with Gasteiger partial charge in [0.1, 0.15) is 0 Å². The van der Waals surface area contributed by atoms with Gasteiger partial charge in [-0.05, 0) is 55.4 Å². The van der Waals surface area contributed by atoms with Gasteiger partial charge in [0.2, 0.25) is 0 Å². The summed E-state index contributed by atoms with van der Waals surface area (Å²) < 4.78 is 0. The number of rotatable bonds is 5. The Kier molecular flexibility index (Phi) is 4.37. The van der Waals surface area contributed by atoms with E-state index in [2.05, 4.69) is 11.4 Å². The molecule has 0 saturated carbocycles. The molecule has 0 spiro atoms. The first-order valence-electron chi connectivity index (χ1n) is 6.78. The molecule has 0 saturated heterocycles. The van der Waals surface area contributed by atoms with Crippen LogP contribution in [0.4, 0.5) is 0 Å². The van der Waals surface area contributed by atoms with Crippen molar-refractivity contribution in [2.45, 2.75) is 45.1 Å². The van der Waals surface area contributed by atoms with E-state index < -0.39 is 0 Å². The number of carbonyl (C=O) groups is 1. The van der Waals surface area contributed by atoms with Crippen LogP contribution in [0.5, 0.6) is 0 Å². The first-order valence-corrected chi connectivity index (χ1v) is 6.78. The maximum Gasteiger partial charge on any atom is 0.251 e. The van der Waals surface area contributed by atoms with Gasteiger partial charge in [0.05, 0.1) is 6.10 Å². The molecule has 2 rings (SSSR count). The van der Waals surface area contributed by atoms with Crippen molar-refractivity contribution < 1.29 is 9.90 Å². The summed E-state index contributed by atoms with van der Waals surface area (Å²) in [5.74, 6) is -0.0343. The molecule has 0 bridgehead atoms. The maximum atomic E-state index is 11.9. The predicted molar refractivity (Wildman–Crippen MR) is 71.7 cm³/mol. The normalized spacial score (nSPS) is 15.2. The second kappa shape index (κ2) is 6.01. The second-order valence-corrected chi connectivity index (χ2v) is 4.94. The van der Waals surface area contributed by atoms with Crippen molar-refractivity contribution in [1.82, 2.24) is 5.32 Å². The van der Waals surface area contributed by atoms with Gasteiger partial charge in [0, 0.05) is 12.1 Å². The highest BCUT2D eigenvalue weighted by molar-refractivity contribution is 5.94. The number of aliphatic hydroxyl groups is 1. The molecule has 0 fully saturated rings. The molecule has 1 unspecified atom stereocenters. The van der Waals surface area contributed by atoms with Crippen molar-refractivity contribution in [3.8, 4) is 0 Å². The zero-order valence-corrected chi connectivity index (χ0v) is 10.9. The van der Waals surface area contributed by atoms with E-state index in [1.807, 2.05) is 19.1 Å². The van der Waals surface area contributed by atoms with Crippen LogP contribution in [0.3, 0.4) is 0 Å². The lowest BCUT2D eigenvalue weighted by Crippen LogP contribution is -2.27. The van der Waals surface area contributed by atoms with Crippen LogP contribution in [-0.4, -0.2) is 23.7 Å². The first-order chi connectivity index (χ1) is 8.70. The molecular formula is C15H21NO2. The monoisotopic (exact) mass is 247 g/mol. The van der Waals surface area contributed by atoms with Crippen LogP contribution in [0.15, 0.2) is 18.2 Å². The molecule has 1 atom stereocenters. The Morgan fingerprint density at radius 2 is 2.17 bits per heavy atom. The lowest BCUT2D eigenvalue weighted by Gasteiger charge is -2.09. The van der Waals surface area contributed by atoms with Crippen molar-refractivity contribution in [3.63, 3.8) is 0 Å². The molecule has 0 aliphatic heterocycles. The van der Waals surface area contributed by atoms with E-state index >= 15 is 0 Å². The second-order valence-electron chi connectivity index (χ2n) is 4.94. The highest BCUT2D eigenvalue weighted by Crippen LogP contribution is 2.22. The average molecular weight is 247 g/mol. The number of nitrogens with one attached hydrogen (secondary N) is 1. The summed E-state index contributed by atoms with van der Waals surface area (Å²) in [6.45, 7) is 2.47. The van der Waals surface area contributed by atoms with Crippen molar-refractivity contribution in [2.24, 2.45) is 0 Å². The number of carbonyl (C=O) groups excluding carboxylic acids is 1. The third kappa shape index (κ3) is 3.10. The zero-order valence-electron chi connectivity index (χ0n) is 10.9. The summed E-state index contributed by atoms with van der Waals surface area (Å²) >= 11 is 0. The fourth-order valence-electron chi connectivity index (χ4n) is 2.37. The number of fused-ring (bicyclic) bond motifs is 1. The van der Waals surface area contributed by atoms with E-state index in [-0.39, 0.29) is 12.0 Å². The summed E-state index contributed by atoms with van der Waals surface area (Å²) in [5, 5.41) is 12.3. The van der Waals surface area contributed by atoms with Gasteiger partial charge in [-0.15, -0.1) is 0 Å². The van der Waals surface area contributed by atoms with Crippen LogP contribution in [0.2, 0.25) is 0 Å². The van der Waals surface area contributed by atoms with Crippen LogP contribution in [-0.2, 0) is 12.8 Å². The van der Waals surface area contributed by atoms with Crippen LogP contribution in [0.25, 0.3) is 0 Å². The molecule has 0 aromatic heterocycles. The van der Waals surface area contributed by atoms with Gasteiger partial charge in [0.25, 0.3) is 5.91 Å². The van der Waals surface area contributed by atoms with Crippen molar-refractivity contribution in [2.75, 3.05) is 6.54 Å². The zero-order chi connectivity index (χ0) is 13.0. The molecular weight excluding hydrogens is 226 g/mol. The molecule has 3 heteroatoms. The number of aryl methyl sites for hydroxylation is 2. The minimum atomic E-state index is -0.315. The topological polar surface area (TPSA) is 49.3 Å². The summed E-state index contributed by atoms with van der Waals surface area (Å²) in [6.07, 6.45) is 4.46. The number of aliphatic hydroxyl groups excluding tert-OH is 1. The van der Waals surface area contributed by atoms with Gasteiger partial charge in [-0.1, -0.05) is 13.0 Å². The molecule has 18 heavy (non-hydrogen) atoms. The molecule has 0 radical (unpaired) electrons. The molecule has 1 aliphatic rings. The lowest BCUT2D eigenvalue weighted by molar-refractivity contribution is 0.0942. The van der Waals surface area contributed by atoms with Gasteiger partial charge in [-0.2, -0.15) is 0 Å². The van der Waals surface area contributed by atoms with E-state index in [4.69, 9.17) is 0 Å². The third-order valence-corrected chi connectivity index (χ3v) is 3.60. The fourth-order valence-corrected chi connectivity index (χ4v) is 2.37. The number of benzene rings is 1. The molecule has 1 amide bonds. The number of amides is 1. The first kappa shape index (κ1) is 13.1. The van der Waals surface area contributed by atoms with E-state index in [0.717, 1.165) is 24.8 Å². The lowest BCUT2D eigenvalue weighted by atomic mass is 10.1. The maximum absolute atomic E-state index is 11.9. The molecule has 1 aliphatic carbocycles. The fraction of sp³-hybridized carbons (Fsp3) is 0.533. The Morgan fingerprint density at radius 1 is 1.39 bits per heavy atom. The molecule has 98 valence electrons. The van der Waals surface area contributed by atoms with Gasteiger partial charge in [-0.25, -0.2) is 0 Å². The average Bonchev–Trinajstić information content (AvgIpc) is 2.85. The Bertz CT molecular complexity index is 429. The van der Waals surface area contributed by atoms with Crippen molar-refractivity contribution in [3.05, 3.63) is 34.9 Å². The van der Waals surface area contributed by atoms with Crippen LogP contribution in [0.1, 0.15) is 47.7 Å². The molecule has 1 aromatic carbocycles. The molecule has 1 aromatic rings. The van der Waals surface area contributed by atoms with Crippen LogP contribution >= 0.6 is 0 Å². The van der Waals surface area contributed by atoms with Gasteiger partial charge < -0.3 is 10.4 Å². The molecule has 0 heterocycles. The minimum absolute atomic E-state index is 0.0343. The van der Waals surface area contributed by atoms with E-state index in [9.17, 15) is 9.90 Å². The predicted octanol–water partition coefficient (Wildman–Crippen LogP) is 2.07. The van der Waals surface area contributed by atoms with E-state index in [0.29, 0.717) is 13.0 Å². The summed E-state index contributed by atoms with van der Waals surface area (Å²) in [5.41, 5.74) is 3.44. The quantitative estimate of drug-likeness (QED) is 0.836. The standard InChI is InChI=1S/C15H21NO2/c1-2-14(17)8-9-16-15(18)13-7-6-11-4-3-5-12(11)10-13/h6-7,10,14,17H,2-5,8-9H2,1H3,(H,16,18). The van der Waals surface area contributed by atoms with Crippen molar-refractivity contribution >= 4 is 5.91 Å². The number of hydrogen-bond acceptors (Lipinski definition) is 2. The summed E-state index contributed by atoms with van der Waals surface area (Å²) in [4.78, 5) is 11.9. The van der Waals surface area contributed by atoms with Gasteiger partial charge in [-0.3, -0.25) is 4.79 Å². The SMILES string of the molecule is CCC(O)CCNC(=O)c1ccc2c(c1)CCC2. The Balaban J connectivity index is 1.89. The minimum Gasteiger partial charge on any atom is -0.393 e. The largest absolute Gasteiger partial charge is 0.393 e. The Labute approximate surface area is 108 Å². The van der Waals surface area contributed by atoms with Gasteiger partial charge >= 0.3 is 0 Å². The van der Waals surface area contributed by atoms with Crippen LogP contribution < -0.4 is 5.32 Å². The summed E-state index contributed by atoms with van der Waals surface area (Å²) in [7, 11) is 0. The Morgan fingerprint density at radius 3 is 2.94 bits per heavy atom. The van der Waals surface area contributed by atoms with Crippen LogP contribution in [0, 0.1) is 0 Å². The highest BCUT2D eigenvalue weighted by atomic mass is 16.3. The Hall–Kier alpha value is -1.35. The van der Waals surface area contributed by atoms with E-state index in [1.54, 1.807) is 0 Å². The smallest absolute Gasteiger partial charge is 0.251 e. The molecule has 3 nitrogen and oxygen atoms in total. The third-order valence-electron chi connectivity index (χ3n) is 3.60. The summed E-state index contributed by atoms with van der Waals surface area (Å²) in [6, 6.07) is 5.97. The number of hydrogen-bond donors (Lipinski definition) is 2. The highest BCUT2D eigenvalue weighted by Gasteiger charge is 2.13. The van der Waals surface area contributed by atoms with E-state index in [1.165, 1.54) is 17.5 Å².